The maximum atomic E-state index is 10.5. The summed E-state index contributed by atoms with van der Waals surface area (Å²) in [5, 5.41) is 8.62. The fourth-order valence-corrected chi connectivity index (χ4v) is 2.43. The fraction of sp³-hybridized carbons (Fsp3) is 0.368. The molecular formula is C19H23NO3. The topological polar surface area (TPSA) is 59.4 Å². The molecule has 0 radical (unpaired) electrons. The number of aryl methyl sites for hydroxylation is 1. The molecule has 0 atom stereocenters. The minimum Gasteiger partial charge on any atom is -0.487 e. The maximum Gasteiger partial charge on any atom is 0.303 e. The van der Waals surface area contributed by atoms with E-state index in [0.717, 1.165) is 43.5 Å². The van der Waals surface area contributed by atoms with Gasteiger partial charge in [0, 0.05) is 12.6 Å². The number of aromatic nitrogens is 1. The quantitative estimate of drug-likeness (QED) is 0.667. The highest BCUT2D eigenvalue weighted by Crippen LogP contribution is 2.21. The summed E-state index contributed by atoms with van der Waals surface area (Å²) < 4.78 is 5.89. The van der Waals surface area contributed by atoms with Crippen molar-refractivity contribution in [2.75, 3.05) is 0 Å². The third-order valence-electron chi connectivity index (χ3n) is 3.66. The SMILES string of the molecule is O=C(O)CCCCCCc1ccccc1OCc1ccccn1. The van der Waals surface area contributed by atoms with Crippen LogP contribution in [0.15, 0.2) is 48.7 Å². The van der Waals surface area contributed by atoms with Gasteiger partial charge in [-0.25, -0.2) is 0 Å². The zero-order valence-corrected chi connectivity index (χ0v) is 13.3. The molecular weight excluding hydrogens is 290 g/mol. The van der Waals surface area contributed by atoms with Crippen molar-refractivity contribution in [1.82, 2.24) is 4.98 Å². The number of benzene rings is 1. The third kappa shape index (κ3) is 6.51. The standard InChI is InChI=1S/C19H23NO3/c21-19(22)13-4-2-1-3-9-16-10-5-6-12-18(16)23-15-17-11-7-8-14-20-17/h5-8,10-12,14H,1-4,9,13,15H2,(H,21,22). The van der Waals surface area contributed by atoms with Crippen molar-refractivity contribution in [1.29, 1.82) is 0 Å². The smallest absolute Gasteiger partial charge is 0.303 e. The summed E-state index contributed by atoms with van der Waals surface area (Å²) in [7, 11) is 0. The third-order valence-corrected chi connectivity index (χ3v) is 3.66. The van der Waals surface area contributed by atoms with Gasteiger partial charge in [-0.3, -0.25) is 9.78 Å². The summed E-state index contributed by atoms with van der Waals surface area (Å²) in [6, 6.07) is 13.9. The molecule has 4 nitrogen and oxygen atoms in total. The Labute approximate surface area is 137 Å². The molecule has 23 heavy (non-hydrogen) atoms. The van der Waals surface area contributed by atoms with Crippen molar-refractivity contribution in [3.63, 3.8) is 0 Å². The van der Waals surface area contributed by atoms with Crippen LogP contribution in [0.3, 0.4) is 0 Å². The highest BCUT2D eigenvalue weighted by molar-refractivity contribution is 5.66. The van der Waals surface area contributed by atoms with Crippen LogP contribution < -0.4 is 4.74 Å². The van der Waals surface area contributed by atoms with Gasteiger partial charge in [0.1, 0.15) is 12.4 Å². The Hall–Kier alpha value is -2.36. The maximum absolute atomic E-state index is 10.5. The van der Waals surface area contributed by atoms with Gasteiger partial charge in [0.2, 0.25) is 0 Å². The van der Waals surface area contributed by atoms with E-state index in [4.69, 9.17) is 9.84 Å². The zero-order valence-electron chi connectivity index (χ0n) is 13.3. The van der Waals surface area contributed by atoms with Crippen LogP contribution >= 0.6 is 0 Å². The summed E-state index contributed by atoms with van der Waals surface area (Å²) in [4.78, 5) is 14.7. The lowest BCUT2D eigenvalue weighted by atomic mass is 10.0. The number of carboxylic acids is 1. The Kier molecular flexibility index (Phi) is 7.11. The van der Waals surface area contributed by atoms with Gasteiger partial charge in [-0.05, 0) is 43.0 Å². The van der Waals surface area contributed by atoms with Gasteiger partial charge in [-0.1, -0.05) is 37.1 Å². The number of hydrogen-bond donors (Lipinski definition) is 1. The van der Waals surface area contributed by atoms with Gasteiger partial charge < -0.3 is 9.84 Å². The summed E-state index contributed by atoms with van der Waals surface area (Å²) >= 11 is 0. The molecule has 0 saturated heterocycles. The average molecular weight is 313 g/mol. The highest BCUT2D eigenvalue weighted by Gasteiger charge is 2.04. The van der Waals surface area contributed by atoms with E-state index in [9.17, 15) is 4.79 Å². The van der Waals surface area contributed by atoms with Crippen LogP contribution in [0.25, 0.3) is 0 Å². The summed E-state index contributed by atoms with van der Waals surface area (Å²) in [6.45, 7) is 0.469. The highest BCUT2D eigenvalue weighted by atomic mass is 16.5. The first-order valence-electron chi connectivity index (χ1n) is 8.08. The first-order chi connectivity index (χ1) is 11.3. The van der Waals surface area contributed by atoms with Crippen LogP contribution in [-0.4, -0.2) is 16.1 Å². The van der Waals surface area contributed by atoms with Gasteiger partial charge in [0.05, 0.1) is 5.69 Å². The molecule has 1 N–H and O–H groups in total. The first kappa shape index (κ1) is 17.0. The van der Waals surface area contributed by atoms with Gasteiger partial charge in [0.15, 0.2) is 0 Å². The Morgan fingerprint density at radius 2 is 1.78 bits per heavy atom. The number of pyridine rings is 1. The van der Waals surface area contributed by atoms with Gasteiger partial charge in [-0.15, -0.1) is 0 Å². The largest absolute Gasteiger partial charge is 0.487 e. The summed E-state index contributed by atoms with van der Waals surface area (Å²) in [5.41, 5.74) is 2.11. The molecule has 0 aliphatic rings. The Morgan fingerprint density at radius 3 is 2.57 bits per heavy atom. The van der Waals surface area contributed by atoms with E-state index in [1.54, 1.807) is 6.20 Å². The van der Waals surface area contributed by atoms with Crippen molar-refractivity contribution in [3.05, 3.63) is 59.9 Å². The van der Waals surface area contributed by atoms with Crippen molar-refractivity contribution in [3.8, 4) is 5.75 Å². The van der Waals surface area contributed by atoms with Crippen LogP contribution in [0.2, 0.25) is 0 Å². The van der Waals surface area contributed by atoms with E-state index in [1.807, 2.05) is 36.4 Å². The number of ether oxygens (including phenoxy) is 1. The van der Waals surface area contributed by atoms with E-state index < -0.39 is 5.97 Å². The van der Waals surface area contributed by atoms with E-state index in [-0.39, 0.29) is 6.42 Å². The molecule has 2 aromatic rings. The molecule has 0 aliphatic heterocycles. The van der Waals surface area contributed by atoms with Crippen molar-refractivity contribution >= 4 is 5.97 Å². The molecule has 0 amide bonds. The number of hydrogen-bond acceptors (Lipinski definition) is 3. The number of carboxylic acid groups (broad SMARTS) is 1. The molecule has 0 spiro atoms. The molecule has 0 saturated carbocycles. The second-order valence-electron chi connectivity index (χ2n) is 5.53. The van der Waals surface area contributed by atoms with Crippen molar-refractivity contribution in [2.45, 2.75) is 45.1 Å². The van der Waals surface area contributed by atoms with E-state index in [1.165, 1.54) is 5.56 Å². The van der Waals surface area contributed by atoms with Crippen molar-refractivity contribution < 1.29 is 14.6 Å². The van der Waals surface area contributed by atoms with Gasteiger partial charge in [0.25, 0.3) is 0 Å². The molecule has 0 aliphatic carbocycles. The number of unbranched alkanes of at least 4 members (excludes halogenated alkanes) is 3. The van der Waals surface area contributed by atoms with Gasteiger partial charge >= 0.3 is 5.97 Å². The van der Waals surface area contributed by atoms with E-state index in [0.29, 0.717) is 6.61 Å². The molecule has 0 fully saturated rings. The molecule has 122 valence electrons. The molecule has 2 rings (SSSR count). The Morgan fingerprint density at radius 1 is 1.00 bits per heavy atom. The number of nitrogens with zero attached hydrogens (tertiary/aromatic N) is 1. The molecule has 1 heterocycles. The predicted octanol–water partition coefficient (Wildman–Crippen LogP) is 4.24. The molecule has 1 aromatic carbocycles. The number of rotatable bonds is 10. The van der Waals surface area contributed by atoms with Crippen LogP contribution in [0, 0.1) is 0 Å². The van der Waals surface area contributed by atoms with Crippen LogP contribution in [0.4, 0.5) is 0 Å². The van der Waals surface area contributed by atoms with Crippen molar-refractivity contribution in [2.24, 2.45) is 0 Å². The fourth-order valence-electron chi connectivity index (χ4n) is 2.43. The molecule has 0 bridgehead atoms. The molecule has 1 aromatic heterocycles. The zero-order chi connectivity index (χ0) is 16.3. The normalized spacial score (nSPS) is 10.4. The summed E-state index contributed by atoms with van der Waals surface area (Å²) in [6.07, 6.45) is 6.79. The summed E-state index contributed by atoms with van der Waals surface area (Å²) in [5.74, 6) is 0.196. The monoisotopic (exact) mass is 313 g/mol. The molecule has 0 unspecified atom stereocenters. The Bertz CT molecular complexity index is 599. The molecule has 4 heteroatoms. The van der Waals surface area contributed by atoms with Gasteiger partial charge in [-0.2, -0.15) is 0 Å². The van der Waals surface area contributed by atoms with Crippen LogP contribution in [0.1, 0.15) is 43.4 Å². The second-order valence-corrected chi connectivity index (χ2v) is 5.53. The Balaban J connectivity index is 1.77. The first-order valence-corrected chi connectivity index (χ1v) is 8.08. The van der Waals surface area contributed by atoms with Crippen LogP contribution in [-0.2, 0) is 17.8 Å². The number of carbonyl (C=O) groups is 1. The second kappa shape index (κ2) is 9.62. The van der Waals surface area contributed by atoms with E-state index in [2.05, 4.69) is 11.1 Å². The number of para-hydroxylation sites is 1. The van der Waals surface area contributed by atoms with E-state index >= 15 is 0 Å². The minimum absolute atomic E-state index is 0.268. The van der Waals surface area contributed by atoms with Crippen LogP contribution in [0.5, 0.6) is 5.75 Å². The number of aliphatic carboxylic acids is 1. The average Bonchev–Trinajstić information content (AvgIpc) is 2.57. The predicted molar refractivity (Wildman–Crippen MR) is 89.4 cm³/mol. The lowest BCUT2D eigenvalue weighted by Crippen LogP contribution is -2.00. The lowest BCUT2D eigenvalue weighted by Gasteiger charge is -2.11. The minimum atomic E-state index is -0.710. The lowest BCUT2D eigenvalue weighted by molar-refractivity contribution is -0.137.